The van der Waals surface area contributed by atoms with Gasteiger partial charge >= 0.3 is 0 Å². The number of hydrogen-bond donors (Lipinski definition) is 1. The van der Waals surface area contributed by atoms with E-state index in [9.17, 15) is 4.79 Å². The highest BCUT2D eigenvalue weighted by molar-refractivity contribution is 7.15. The quantitative estimate of drug-likeness (QED) is 0.849. The summed E-state index contributed by atoms with van der Waals surface area (Å²) in [7, 11) is 0. The molecule has 0 bridgehead atoms. The van der Waals surface area contributed by atoms with E-state index in [4.69, 9.17) is 4.74 Å². The van der Waals surface area contributed by atoms with Crippen LogP contribution in [0.25, 0.3) is 0 Å². The summed E-state index contributed by atoms with van der Waals surface area (Å²) >= 11 is 1.64. The zero-order valence-corrected chi connectivity index (χ0v) is 16.4. The van der Waals surface area contributed by atoms with Crippen molar-refractivity contribution in [1.82, 2.24) is 19.9 Å². The minimum Gasteiger partial charge on any atom is -0.473 e. The number of hydrogen-bond acceptors (Lipinski definition) is 7. The first-order chi connectivity index (χ1) is 13.2. The van der Waals surface area contributed by atoms with Gasteiger partial charge in [-0.3, -0.25) is 14.7 Å². The number of ether oxygens (including phenoxy) is 1. The third kappa shape index (κ3) is 4.81. The van der Waals surface area contributed by atoms with Crippen molar-refractivity contribution in [2.75, 3.05) is 25.0 Å². The Bertz CT molecular complexity index is 774. The molecule has 8 heteroatoms. The molecule has 1 atom stereocenters. The van der Waals surface area contributed by atoms with Gasteiger partial charge in [-0.25, -0.2) is 9.97 Å². The van der Waals surface area contributed by atoms with Gasteiger partial charge in [-0.05, 0) is 38.0 Å². The third-order valence-electron chi connectivity index (χ3n) is 5.16. The second-order valence-electron chi connectivity index (χ2n) is 7.42. The van der Waals surface area contributed by atoms with Crippen molar-refractivity contribution < 1.29 is 9.53 Å². The number of thiazole rings is 1. The Morgan fingerprint density at radius 3 is 2.96 bits per heavy atom. The number of aromatic nitrogens is 3. The summed E-state index contributed by atoms with van der Waals surface area (Å²) in [5.41, 5.74) is 1.18. The van der Waals surface area contributed by atoms with Crippen molar-refractivity contribution in [2.24, 2.45) is 5.92 Å². The maximum Gasteiger partial charge on any atom is 0.240 e. The Kier molecular flexibility index (Phi) is 5.63. The zero-order valence-electron chi connectivity index (χ0n) is 15.6. The Morgan fingerprint density at radius 1 is 1.33 bits per heavy atom. The van der Waals surface area contributed by atoms with Crippen LogP contribution in [0.2, 0.25) is 0 Å². The van der Waals surface area contributed by atoms with Crippen LogP contribution in [0.4, 0.5) is 5.13 Å². The zero-order chi connectivity index (χ0) is 18.6. The van der Waals surface area contributed by atoms with Crippen molar-refractivity contribution in [3.05, 3.63) is 29.2 Å². The number of nitrogens with one attached hydrogen (secondary N) is 1. The summed E-state index contributed by atoms with van der Waals surface area (Å²) in [6.07, 6.45) is 10.1. The molecule has 1 N–H and O–H groups in total. The van der Waals surface area contributed by atoms with Crippen molar-refractivity contribution in [3.8, 4) is 5.88 Å². The highest BCUT2D eigenvalue weighted by Crippen LogP contribution is 2.32. The van der Waals surface area contributed by atoms with Gasteiger partial charge in [-0.2, -0.15) is 0 Å². The van der Waals surface area contributed by atoms with Crippen LogP contribution >= 0.6 is 11.3 Å². The molecule has 0 radical (unpaired) electrons. The molecule has 0 saturated carbocycles. The van der Waals surface area contributed by atoms with E-state index in [1.165, 1.54) is 17.0 Å². The SMILES string of the molecule is CC1CCc2nc(NC(=O)CN3CCC(Oc4cnccn4)CC3)sc2C1. The first kappa shape index (κ1) is 18.3. The molecule has 4 rings (SSSR count). The molecule has 0 spiro atoms. The van der Waals surface area contributed by atoms with Crippen LogP contribution in [0, 0.1) is 5.92 Å². The topological polar surface area (TPSA) is 80.2 Å². The van der Waals surface area contributed by atoms with Gasteiger partial charge in [0, 0.05) is 30.4 Å². The minimum absolute atomic E-state index is 0.0161. The summed E-state index contributed by atoms with van der Waals surface area (Å²) in [6, 6.07) is 0. The molecule has 2 aromatic rings. The van der Waals surface area contributed by atoms with E-state index in [0.717, 1.165) is 43.9 Å². The van der Waals surface area contributed by atoms with E-state index >= 15 is 0 Å². The predicted octanol–water partition coefficient (Wildman–Crippen LogP) is 2.54. The first-order valence-electron chi connectivity index (χ1n) is 9.59. The Hall–Kier alpha value is -2.06. The van der Waals surface area contributed by atoms with Gasteiger partial charge in [0.1, 0.15) is 6.10 Å². The lowest BCUT2D eigenvalue weighted by Gasteiger charge is -2.31. The number of carbonyl (C=O) groups excluding carboxylic acids is 1. The number of nitrogens with zero attached hydrogens (tertiary/aromatic N) is 4. The number of anilines is 1. The average Bonchev–Trinajstić information content (AvgIpc) is 3.05. The molecular weight excluding hydrogens is 362 g/mol. The summed E-state index contributed by atoms with van der Waals surface area (Å²) in [6.45, 7) is 4.35. The molecular formula is C19H25N5O2S. The van der Waals surface area contributed by atoms with Gasteiger partial charge in [0.2, 0.25) is 11.8 Å². The number of aryl methyl sites for hydroxylation is 1. The summed E-state index contributed by atoms with van der Waals surface area (Å²) in [5.74, 6) is 1.30. The van der Waals surface area contributed by atoms with Crippen molar-refractivity contribution in [3.63, 3.8) is 0 Å². The number of amides is 1. The van der Waals surface area contributed by atoms with E-state index < -0.39 is 0 Å². The lowest BCUT2D eigenvalue weighted by Crippen LogP contribution is -2.42. The van der Waals surface area contributed by atoms with Crippen LogP contribution in [0.5, 0.6) is 5.88 Å². The Balaban J connectivity index is 1.23. The standard InChI is InChI=1S/C19H25N5O2S/c1-13-2-3-15-16(10-13)27-19(22-15)23-17(25)12-24-8-4-14(5-9-24)26-18-11-20-6-7-21-18/h6-7,11,13-14H,2-5,8-10,12H2,1H3,(H,22,23,25). The monoisotopic (exact) mass is 387 g/mol. The molecule has 27 heavy (non-hydrogen) atoms. The molecule has 2 aliphatic rings. The van der Waals surface area contributed by atoms with Crippen LogP contribution in [-0.4, -0.2) is 51.5 Å². The van der Waals surface area contributed by atoms with Crippen molar-refractivity contribution >= 4 is 22.4 Å². The predicted molar refractivity (Wildman–Crippen MR) is 104 cm³/mol. The number of carbonyl (C=O) groups is 1. The number of piperidine rings is 1. The average molecular weight is 388 g/mol. The summed E-state index contributed by atoms with van der Waals surface area (Å²) < 4.78 is 5.85. The van der Waals surface area contributed by atoms with E-state index in [-0.39, 0.29) is 12.0 Å². The molecule has 1 aliphatic carbocycles. The first-order valence-corrected chi connectivity index (χ1v) is 10.4. The largest absolute Gasteiger partial charge is 0.473 e. The lowest BCUT2D eigenvalue weighted by atomic mass is 9.93. The number of rotatable bonds is 5. The second kappa shape index (κ2) is 8.31. The molecule has 1 aliphatic heterocycles. The minimum atomic E-state index is 0.0161. The third-order valence-corrected chi connectivity index (χ3v) is 6.20. The fraction of sp³-hybridized carbons (Fsp3) is 0.579. The molecule has 1 unspecified atom stereocenters. The van der Waals surface area contributed by atoms with E-state index in [2.05, 4.69) is 32.1 Å². The smallest absolute Gasteiger partial charge is 0.240 e. The number of fused-ring (bicyclic) bond motifs is 1. The highest BCUT2D eigenvalue weighted by Gasteiger charge is 2.24. The number of likely N-dealkylation sites (tertiary alicyclic amines) is 1. The van der Waals surface area contributed by atoms with Crippen LogP contribution in [0.1, 0.15) is 36.8 Å². The molecule has 144 valence electrons. The fourth-order valence-electron chi connectivity index (χ4n) is 3.66. The summed E-state index contributed by atoms with van der Waals surface area (Å²) in [4.78, 5) is 28.7. The van der Waals surface area contributed by atoms with E-state index in [0.29, 0.717) is 18.3 Å². The van der Waals surface area contributed by atoms with E-state index in [1.54, 1.807) is 29.9 Å². The van der Waals surface area contributed by atoms with Gasteiger partial charge in [0.25, 0.3) is 0 Å². The molecule has 1 fully saturated rings. The van der Waals surface area contributed by atoms with Crippen LogP contribution in [0.3, 0.4) is 0 Å². The van der Waals surface area contributed by atoms with Gasteiger partial charge < -0.3 is 10.1 Å². The summed E-state index contributed by atoms with van der Waals surface area (Å²) in [5, 5.41) is 3.74. The van der Waals surface area contributed by atoms with Crippen molar-refractivity contribution in [1.29, 1.82) is 0 Å². The Morgan fingerprint density at radius 2 is 2.19 bits per heavy atom. The lowest BCUT2D eigenvalue weighted by molar-refractivity contribution is -0.117. The second-order valence-corrected chi connectivity index (χ2v) is 8.51. The van der Waals surface area contributed by atoms with Gasteiger partial charge in [0.05, 0.1) is 18.4 Å². The maximum atomic E-state index is 12.4. The molecule has 2 aromatic heterocycles. The van der Waals surface area contributed by atoms with Gasteiger partial charge in [-0.1, -0.05) is 6.92 Å². The van der Waals surface area contributed by atoms with Crippen LogP contribution in [-0.2, 0) is 17.6 Å². The fourth-order valence-corrected chi connectivity index (χ4v) is 4.84. The molecule has 1 saturated heterocycles. The highest BCUT2D eigenvalue weighted by atomic mass is 32.1. The molecule has 7 nitrogen and oxygen atoms in total. The van der Waals surface area contributed by atoms with Gasteiger partial charge in [-0.15, -0.1) is 11.3 Å². The van der Waals surface area contributed by atoms with Crippen molar-refractivity contribution in [2.45, 2.75) is 45.1 Å². The van der Waals surface area contributed by atoms with Crippen LogP contribution in [0.15, 0.2) is 18.6 Å². The molecule has 1 amide bonds. The van der Waals surface area contributed by atoms with Gasteiger partial charge in [0.15, 0.2) is 5.13 Å². The van der Waals surface area contributed by atoms with E-state index in [1.807, 2.05) is 0 Å². The molecule has 3 heterocycles. The maximum absolute atomic E-state index is 12.4. The Labute approximate surface area is 163 Å². The van der Waals surface area contributed by atoms with Crippen LogP contribution < -0.4 is 10.1 Å². The normalized spacial score (nSPS) is 20.9. The molecule has 0 aromatic carbocycles.